The lowest BCUT2D eigenvalue weighted by molar-refractivity contribution is -0.145. The van der Waals surface area contributed by atoms with Gasteiger partial charge in [0.2, 0.25) is 0 Å². The highest BCUT2D eigenvalue weighted by Gasteiger charge is 2.43. The molecule has 0 saturated heterocycles. The maximum Gasteiger partial charge on any atom is 0.314 e. The summed E-state index contributed by atoms with van der Waals surface area (Å²) in [5.41, 5.74) is -0.880. The number of carboxylic acids is 1. The molecule has 0 unspecified atom stereocenters. The molecule has 0 bridgehead atoms. The highest BCUT2D eigenvalue weighted by atomic mass is 19.1. The smallest absolute Gasteiger partial charge is 0.314 e. The lowest BCUT2D eigenvalue weighted by Gasteiger charge is -2.36. The summed E-state index contributed by atoms with van der Waals surface area (Å²) in [6.45, 7) is 2.07. The molecule has 2 nitrogen and oxygen atoms in total. The van der Waals surface area contributed by atoms with Gasteiger partial charge in [-0.05, 0) is 49.3 Å². The van der Waals surface area contributed by atoms with Gasteiger partial charge in [-0.1, -0.05) is 6.92 Å². The first-order chi connectivity index (χ1) is 8.44. The zero-order valence-electron chi connectivity index (χ0n) is 10.2. The van der Waals surface area contributed by atoms with Crippen molar-refractivity contribution in [2.45, 2.75) is 38.0 Å². The third kappa shape index (κ3) is 2.24. The van der Waals surface area contributed by atoms with Crippen molar-refractivity contribution in [3.8, 4) is 0 Å². The fourth-order valence-electron chi connectivity index (χ4n) is 2.71. The van der Waals surface area contributed by atoms with E-state index in [2.05, 4.69) is 6.92 Å². The molecule has 0 aliphatic heterocycles. The standard InChI is InChI=1S/C14H16F2O2/c1-9-2-4-14(5-3-9,13(17)18)10-6-11(15)8-12(16)7-10/h6-9H,2-5H2,1H3,(H,17,18). The minimum absolute atomic E-state index is 0.249. The molecule has 0 atom stereocenters. The molecular weight excluding hydrogens is 238 g/mol. The molecule has 0 heterocycles. The van der Waals surface area contributed by atoms with Crippen molar-refractivity contribution in [3.63, 3.8) is 0 Å². The van der Waals surface area contributed by atoms with E-state index in [4.69, 9.17) is 0 Å². The van der Waals surface area contributed by atoms with Crippen molar-refractivity contribution in [2.75, 3.05) is 0 Å². The first kappa shape index (κ1) is 13.0. The van der Waals surface area contributed by atoms with Crippen LogP contribution < -0.4 is 0 Å². The van der Waals surface area contributed by atoms with E-state index in [-0.39, 0.29) is 5.56 Å². The normalized spacial score (nSPS) is 28.1. The monoisotopic (exact) mass is 254 g/mol. The largest absolute Gasteiger partial charge is 0.481 e. The average Bonchev–Trinajstić information content (AvgIpc) is 2.28. The van der Waals surface area contributed by atoms with Gasteiger partial charge in [-0.2, -0.15) is 0 Å². The molecule has 1 N–H and O–H groups in total. The van der Waals surface area contributed by atoms with E-state index < -0.39 is 23.0 Å². The van der Waals surface area contributed by atoms with Crippen molar-refractivity contribution < 1.29 is 18.7 Å². The topological polar surface area (TPSA) is 37.3 Å². The Balaban J connectivity index is 2.44. The molecular formula is C14H16F2O2. The zero-order chi connectivity index (χ0) is 13.3. The van der Waals surface area contributed by atoms with Crippen LogP contribution in [0, 0.1) is 17.6 Å². The Hall–Kier alpha value is -1.45. The third-order valence-corrected chi connectivity index (χ3v) is 3.95. The highest BCUT2D eigenvalue weighted by molar-refractivity contribution is 5.81. The number of aliphatic carboxylic acids is 1. The number of benzene rings is 1. The number of hydrogen-bond donors (Lipinski definition) is 1. The average molecular weight is 254 g/mol. The second-order valence-electron chi connectivity index (χ2n) is 5.23. The van der Waals surface area contributed by atoms with Crippen LogP contribution in [-0.4, -0.2) is 11.1 Å². The van der Waals surface area contributed by atoms with Gasteiger partial charge in [0.25, 0.3) is 0 Å². The van der Waals surface area contributed by atoms with Gasteiger partial charge in [0, 0.05) is 6.07 Å². The third-order valence-electron chi connectivity index (χ3n) is 3.95. The minimum Gasteiger partial charge on any atom is -0.481 e. The molecule has 1 saturated carbocycles. The summed E-state index contributed by atoms with van der Waals surface area (Å²) in [5, 5.41) is 9.47. The summed E-state index contributed by atoms with van der Waals surface area (Å²) >= 11 is 0. The summed E-state index contributed by atoms with van der Waals surface area (Å²) in [7, 11) is 0. The fourth-order valence-corrected chi connectivity index (χ4v) is 2.71. The first-order valence-electron chi connectivity index (χ1n) is 6.14. The van der Waals surface area contributed by atoms with Crippen molar-refractivity contribution >= 4 is 5.97 Å². The van der Waals surface area contributed by atoms with Gasteiger partial charge < -0.3 is 5.11 Å². The van der Waals surface area contributed by atoms with E-state index >= 15 is 0 Å². The van der Waals surface area contributed by atoms with Gasteiger partial charge in [-0.3, -0.25) is 4.79 Å². The van der Waals surface area contributed by atoms with Gasteiger partial charge in [-0.15, -0.1) is 0 Å². The molecule has 98 valence electrons. The molecule has 4 heteroatoms. The molecule has 18 heavy (non-hydrogen) atoms. The maximum atomic E-state index is 13.3. The molecule has 1 fully saturated rings. The fraction of sp³-hybridized carbons (Fsp3) is 0.500. The molecule has 0 spiro atoms. The maximum absolute atomic E-state index is 13.3. The Morgan fingerprint density at radius 3 is 2.17 bits per heavy atom. The molecule has 2 rings (SSSR count). The van der Waals surface area contributed by atoms with Crippen LogP contribution in [-0.2, 0) is 10.2 Å². The Morgan fingerprint density at radius 2 is 1.72 bits per heavy atom. The summed E-state index contributed by atoms with van der Waals surface area (Å²) in [4.78, 5) is 11.6. The molecule has 0 radical (unpaired) electrons. The quantitative estimate of drug-likeness (QED) is 0.877. The van der Waals surface area contributed by atoms with E-state index in [0.717, 1.165) is 31.0 Å². The van der Waals surface area contributed by atoms with E-state index in [0.29, 0.717) is 18.8 Å². The number of hydrogen-bond acceptors (Lipinski definition) is 1. The molecule has 0 amide bonds. The lowest BCUT2D eigenvalue weighted by atomic mass is 9.67. The Kier molecular flexibility index (Phi) is 3.37. The SMILES string of the molecule is CC1CCC(C(=O)O)(c2cc(F)cc(F)c2)CC1. The molecule has 1 aliphatic carbocycles. The van der Waals surface area contributed by atoms with Crippen molar-refractivity contribution in [2.24, 2.45) is 5.92 Å². The second kappa shape index (κ2) is 4.67. The van der Waals surface area contributed by atoms with Crippen LogP contribution in [0.3, 0.4) is 0 Å². The minimum atomic E-state index is -1.13. The van der Waals surface area contributed by atoms with Gasteiger partial charge >= 0.3 is 5.97 Å². The highest BCUT2D eigenvalue weighted by Crippen LogP contribution is 2.42. The number of rotatable bonds is 2. The molecule has 0 aromatic heterocycles. The summed E-state index contributed by atoms with van der Waals surface area (Å²) < 4.78 is 26.5. The van der Waals surface area contributed by atoms with Crippen molar-refractivity contribution in [3.05, 3.63) is 35.4 Å². The molecule has 1 aromatic carbocycles. The predicted molar refractivity (Wildman–Crippen MR) is 63.3 cm³/mol. The lowest BCUT2D eigenvalue weighted by Crippen LogP contribution is -2.39. The number of carboxylic acid groups (broad SMARTS) is 1. The van der Waals surface area contributed by atoms with Crippen LogP contribution in [0.25, 0.3) is 0 Å². The van der Waals surface area contributed by atoms with Crippen LogP contribution in [0.15, 0.2) is 18.2 Å². The van der Waals surface area contributed by atoms with Crippen LogP contribution in [0.1, 0.15) is 38.2 Å². The van der Waals surface area contributed by atoms with Crippen molar-refractivity contribution in [1.82, 2.24) is 0 Å². The summed E-state index contributed by atoms with van der Waals surface area (Å²) in [5.74, 6) is -1.95. The van der Waals surface area contributed by atoms with Crippen LogP contribution >= 0.6 is 0 Å². The van der Waals surface area contributed by atoms with Crippen LogP contribution in [0.4, 0.5) is 8.78 Å². The van der Waals surface area contributed by atoms with E-state index in [9.17, 15) is 18.7 Å². The predicted octanol–water partition coefficient (Wildman–Crippen LogP) is 3.50. The zero-order valence-corrected chi connectivity index (χ0v) is 10.2. The first-order valence-corrected chi connectivity index (χ1v) is 6.14. The molecule has 1 aliphatic rings. The summed E-state index contributed by atoms with van der Waals surface area (Å²) in [6, 6.07) is 3.06. The Bertz CT molecular complexity index is 443. The summed E-state index contributed by atoms with van der Waals surface area (Å²) in [6.07, 6.45) is 2.41. The van der Waals surface area contributed by atoms with Crippen LogP contribution in [0.2, 0.25) is 0 Å². The van der Waals surface area contributed by atoms with Crippen molar-refractivity contribution in [1.29, 1.82) is 0 Å². The van der Waals surface area contributed by atoms with Gasteiger partial charge in [0.1, 0.15) is 11.6 Å². The Labute approximate surface area is 105 Å². The van der Waals surface area contributed by atoms with Gasteiger partial charge in [-0.25, -0.2) is 8.78 Å². The second-order valence-corrected chi connectivity index (χ2v) is 5.23. The number of carbonyl (C=O) groups is 1. The van der Waals surface area contributed by atoms with Crippen LogP contribution in [0.5, 0.6) is 0 Å². The number of halogens is 2. The molecule has 1 aromatic rings. The van der Waals surface area contributed by atoms with E-state index in [1.165, 1.54) is 0 Å². The van der Waals surface area contributed by atoms with Gasteiger partial charge in [0.05, 0.1) is 5.41 Å². The van der Waals surface area contributed by atoms with E-state index in [1.807, 2.05) is 0 Å². The van der Waals surface area contributed by atoms with E-state index in [1.54, 1.807) is 0 Å². The van der Waals surface area contributed by atoms with Gasteiger partial charge in [0.15, 0.2) is 0 Å². The Morgan fingerprint density at radius 1 is 1.22 bits per heavy atom.